The summed E-state index contributed by atoms with van der Waals surface area (Å²) >= 11 is 0. The largest absolute Gasteiger partial charge is 0.280 e. The van der Waals surface area contributed by atoms with E-state index < -0.39 is 10.0 Å². The minimum absolute atomic E-state index is 0.0566. The minimum atomic E-state index is -3.36. The van der Waals surface area contributed by atoms with Gasteiger partial charge in [0.05, 0.1) is 22.8 Å². The van der Waals surface area contributed by atoms with Crippen molar-refractivity contribution in [3.63, 3.8) is 0 Å². The van der Waals surface area contributed by atoms with Crippen LogP contribution in [0.4, 0.5) is 5.69 Å². The number of aromatic nitrogens is 2. The number of H-pyrrole nitrogens is 1. The molecule has 1 aromatic heterocycles. The van der Waals surface area contributed by atoms with E-state index in [4.69, 9.17) is 0 Å². The number of hydrogen-bond acceptors (Lipinski definition) is 3. The molecule has 0 bridgehead atoms. The van der Waals surface area contributed by atoms with Gasteiger partial charge in [-0.15, -0.1) is 0 Å². The predicted octanol–water partition coefficient (Wildman–Crippen LogP) is 2.01. The molecule has 0 spiro atoms. The first kappa shape index (κ1) is 13.6. The van der Waals surface area contributed by atoms with Gasteiger partial charge in [0, 0.05) is 0 Å². The highest BCUT2D eigenvalue weighted by Gasteiger charge is 2.15. The highest BCUT2D eigenvalue weighted by molar-refractivity contribution is 7.92. The molecular formula is C13H17N3O2S. The lowest BCUT2D eigenvalue weighted by atomic mass is 10.2. The molecule has 0 aliphatic heterocycles. The highest BCUT2D eigenvalue weighted by atomic mass is 32.2. The molecule has 19 heavy (non-hydrogen) atoms. The fraction of sp³-hybridized carbons (Fsp3) is 0.308. The first-order chi connectivity index (χ1) is 8.98. The monoisotopic (exact) mass is 279 g/mol. The normalized spacial score (nSPS) is 11.5. The molecule has 1 heterocycles. The summed E-state index contributed by atoms with van der Waals surface area (Å²) in [4.78, 5) is 0. The lowest BCUT2D eigenvalue weighted by molar-refractivity contribution is 0.600. The fourth-order valence-corrected chi connectivity index (χ4v) is 3.02. The van der Waals surface area contributed by atoms with Crippen LogP contribution in [-0.2, 0) is 16.4 Å². The van der Waals surface area contributed by atoms with Gasteiger partial charge in [-0.3, -0.25) is 9.82 Å². The van der Waals surface area contributed by atoms with Crippen LogP contribution in [0, 0.1) is 13.8 Å². The average molecular weight is 279 g/mol. The Morgan fingerprint density at radius 3 is 2.47 bits per heavy atom. The number of rotatable bonds is 5. The van der Waals surface area contributed by atoms with Gasteiger partial charge in [-0.1, -0.05) is 30.3 Å². The van der Waals surface area contributed by atoms with Crippen molar-refractivity contribution >= 4 is 15.7 Å². The van der Waals surface area contributed by atoms with Crippen molar-refractivity contribution in [3.05, 3.63) is 47.3 Å². The van der Waals surface area contributed by atoms with E-state index in [2.05, 4.69) is 14.9 Å². The van der Waals surface area contributed by atoms with Gasteiger partial charge < -0.3 is 0 Å². The van der Waals surface area contributed by atoms with E-state index in [9.17, 15) is 8.42 Å². The molecule has 0 saturated carbocycles. The lowest BCUT2D eigenvalue weighted by Crippen LogP contribution is -2.19. The van der Waals surface area contributed by atoms with Crippen molar-refractivity contribution < 1.29 is 8.42 Å². The molecule has 0 saturated heterocycles. The molecule has 0 aliphatic rings. The number of anilines is 1. The second kappa shape index (κ2) is 5.44. The zero-order valence-electron chi connectivity index (χ0n) is 11.0. The molecule has 6 heteroatoms. The summed E-state index contributed by atoms with van der Waals surface area (Å²) in [5.74, 6) is 0.0566. The average Bonchev–Trinajstić information content (AvgIpc) is 2.69. The summed E-state index contributed by atoms with van der Waals surface area (Å²) in [7, 11) is -3.36. The number of aromatic amines is 1. The third-order valence-corrected chi connectivity index (χ3v) is 4.14. The quantitative estimate of drug-likeness (QED) is 0.879. The first-order valence-electron chi connectivity index (χ1n) is 6.04. The molecule has 0 unspecified atom stereocenters. The van der Waals surface area contributed by atoms with Crippen LogP contribution in [0.5, 0.6) is 0 Å². The third-order valence-electron chi connectivity index (χ3n) is 2.89. The molecule has 2 aromatic rings. The van der Waals surface area contributed by atoms with Crippen molar-refractivity contribution in [2.75, 3.05) is 10.5 Å². The number of aryl methyl sites for hydroxylation is 3. The van der Waals surface area contributed by atoms with Crippen LogP contribution in [0.1, 0.15) is 17.0 Å². The van der Waals surface area contributed by atoms with E-state index in [0.29, 0.717) is 17.8 Å². The SMILES string of the molecule is Cc1n[nH]c(C)c1NS(=O)(=O)CCc1ccccc1. The number of sulfonamides is 1. The fourth-order valence-electron chi connectivity index (χ4n) is 1.80. The zero-order valence-corrected chi connectivity index (χ0v) is 11.8. The van der Waals surface area contributed by atoms with Crippen molar-refractivity contribution in [2.45, 2.75) is 20.3 Å². The predicted molar refractivity (Wildman–Crippen MR) is 75.6 cm³/mol. The molecule has 102 valence electrons. The van der Waals surface area contributed by atoms with Gasteiger partial charge in [0.15, 0.2) is 0 Å². The lowest BCUT2D eigenvalue weighted by Gasteiger charge is -2.08. The Morgan fingerprint density at radius 1 is 1.21 bits per heavy atom. The number of benzene rings is 1. The first-order valence-corrected chi connectivity index (χ1v) is 7.69. The van der Waals surface area contributed by atoms with E-state index in [1.54, 1.807) is 13.8 Å². The van der Waals surface area contributed by atoms with Crippen LogP contribution in [-0.4, -0.2) is 24.4 Å². The van der Waals surface area contributed by atoms with Crippen molar-refractivity contribution in [3.8, 4) is 0 Å². The molecule has 2 N–H and O–H groups in total. The number of nitrogens with zero attached hydrogens (tertiary/aromatic N) is 1. The molecule has 1 aromatic carbocycles. The van der Waals surface area contributed by atoms with Gasteiger partial charge >= 0.3 is 0 Å². The van der Waals surface area contributed by atoms with E-state index in [1.807, 2.05) is 30.3 Å². The molecule has 5 nitrogen and oxygen atoms in total. The second-order valence-corrected chi connectivity index (χ2v) is 6.31. The molecule has 0 radical (unpaired) electrons. The summed E-state index contributed by atoms with van der Waals surface area (Å²) in [6, 6.07) is 9.56. The number of hydrogen-bond donors (Lipinski definition) is 2. The van der Waals surface area contributed by atoms with Crippen molar-refractivity contribution in [2.24, 2.45) is 0 Å². The maximum absolute atomic E-state index is 12.0. The smallest absolute Gasteiger partial charge is 0.233 e. The Morgan fingerprint density at radius 2 is 1.89 bits per heavy atom. The molecule has 0 atom stereocenters. The van der Waals surface area contributed by atoms with Crippen LogP contribution in [0.25, 0.3) is 0 Å². The molecule has 2 rings (SSSR count). The van der Waals surface area contributed by atoms with E-state index in [0.717, 1.165) is 11.3 Å². The van der Waals surface area contributed by atoms with Crippen molar-refractivity contribution in [1.82, 2.24) is 10.2 Å². The van der Waals surface area contributed by atoms with E-state index in [-0.39, 0.29) is 5.75 Å². The van der Waals surface area contributed by atoms with Gasteiger partial charge in [-0.05, 0) is 25.8 Å². The summed E-state index contributed by atoms with van der Waals surface area (Å²) < 4.78 is 26.6. The Labute approximate surface area is 113 Å². The summed E-state index contributed by atoms with van der Waals surface area (Å²) in [6.07, 6.45) is 0.492. The van der Waals surface area contributed by atoms with Gasteiger partial charge in [0.1, 0.15) is 0 Å². The maximum Gasteiger partial charge on any atom is 0.233 e. The maximum atomic E-state index is 12.0. The van der Waals surface area contributed by atoms with Crippen LogP contribution in [0.2, 0.25) is 0 Å². The minimum Gasteiger partial charge on any atom is -0.280 e. The highest BCUT2D eigenvalue weighted by Crippen LogP contribution is 2.18. The van der Waals surface area contributed by atoms with Gasteiger partial charge in [0.25, 0.3) is 0 Å². The van der Waals surface area contributed by atoms with Crippen LogP contribution < -0.4 is 4.72 Å². The zero-order chi connectivity index (χ0) is 13.9. The Balaban J connectivity index is 2.04. The number of nitrogens with one attached hydrogen (secondary N) is 2. The van der Waals surface area contributed by atoms with Crippen LogP contribution >= 0.6 is 0 Å². The Hall–Kier alpha value is -1.82. The summed E-state index contributed by atoms with van der Waals surface area (Å²) in [5.41, 5.74) is 2.93. The van der Waals surface area contributed by atoms with Gasteiger partial charge in [-0.2, -0.15) is 5.10 Å². The molecule has 0 fully saturated rings. The standard InChI is InChI=1S/C13H17N3O2S/c1-10-13(11(2)15-14-10)16-19(17,18)9-8-12-6-4-3-5-7-12/h3-7,16H,8-9H2,1-2H3,(H,14,15). The van der Waals surface area contributed by atoms with Crippen molar-refractivity contribution in [1.29, 1.82) is 0 Å². The van der Waals surface area contributed by atoms with Crippen LogP contribution in [0.15, 0.2) is 30.3 Å². The molecule has 0 aliphatic carbocycles. The molecular weight excluding hydrogens is 262 g/mol. The topological polar surface area (TPSA) is 74.8 Å². The van der Waals surface area contributed by atoms with E-state index >= 15 is 0 Å². The summed E-state index contributed by atoms with van der Waals surface area (Å²) in [6.45, 7) is 3.55. The second-order valence-electron chi connectivity index (χ2n) is 4.47. The van der Waals surface area contributed by atoms with Gasteiger partial charge in [-0.25, -0.2) is 8.42 Å². The van der Waals surface area contributed by atoms with Gasteiger partial charge in [0.2, 0.25) is 10.0 Å². The molecule has 0 amide bonds. The Kier molecular flexibility index (Phi) is 3.90. The Bertz CT molecular complexity index is 628. The summed E-state index contributed by atoms with van der Waals surface area (Å²) in [5, 5.41) is 6.72. The van der Waals surface area contributed by atoms with E-state index in [1.165, 1.54) is 0 Å². The third kappa shape index (κ3) is 3.57. The van der Waals surface area contributed by atoms with Crippen LogP contribution in [0.3, 0.4) is 0 Å².